The lowest BCUT2D eigenvalue weighted by atomic mass is 10.3. The van der Waals surface area contributed by atoms with E-state index in [-0.39, 0.29) is 10.7 Å². The van der Waals surface area contributed by atoms with Crippen LogP contribution in [0.5, 0.6) is 0 Å². The van der Waals surface area contributed by atoms with Gasteiger partial charge in [0.05, 0.1) is 0 Å². The van der Waals surface area contributed by atoms with E-state index in [4.69, 9.17) is 5.11 Å². The van der Waals surface area contributed by atoms with E-state index in [1.54, 1.807) is 0 Å². The second-order valence-electron chi connectivity index (χ2n) is 4.13. The number of pyridine rings is 1. The molecule has 0 aromatic carbocycles. The number of hydrogen-bond donors (Lipinski definition) is 2. The van der Waals surface area contributed by atoms with Gasteiger partial charge in [-0.15, -0.1) is 0 Å². The molecule has 0 aliphatic heterocycles. The lowest BCUT2D eigenvalue weighted by Crippen LogP contribution is -2.32. The topological polar surface area (TPSA) is 96.4 Å². The van der Waals surface area contributed by atoms with E-state index in [1.807, 2.05) is 0 Å². The Morgan fingerprint density at radius 1 is 1.53 bits per heavy atom. The molecule has 0 atom stereocenters. The van der Waals surface area contributed by atoms with Gasteiger partial charge in [-0.05, 0) is 25.0 Å². The van der Waals surface area contributed by atoms with Gasteiger partial charge in [0.15, 0.2) is 9.84 Å². The van der Waals surface area contributed by atoms with Crippen LogP contribution in [0.15, 0.2) is 23.2 Å². The van der Waals surface area contributed by atoms with Crippen LogP contribution in [0.1, 0.15) is 12.8 Å². The average molecular weight is 256 g/mol. The van der Waals surface area contributed by atoms with E-state index in [9.17, 15) is 13.2 Å². The van der Waals surface area contributed by atoms with Crippen LogP contribution in [-0.2, 0) is 14.6 Å². The third kappa shape index (κ3) is 2.23. The van der Waals surface area contributed by atoms with Gasteiger partial charge in [0.1, 0.15) is 16.3 Å². The fraction of sp³-hybridized carbons (Fsp3) is 0.400. The summed E-state index contributed by atoms with van der Waals surface area (Å²) in [7, 11) is -3.42. The van der Waals surface area contributed by atoms with Crippen molar-refractivity contribution in [3.05, 3.63) is 18.3 Å². The summed E-state index contributed by atoms with van der Waals surface area (Å²) >= 11 is 0. The van der Waals surface area contributed by atoms with Gasteiger partial charge < -0.3 is 10.4 Å². The van der Waals surface area contributed by atoms with Gasteiger partial charge in [0, 0.05) is 12.5 Å². The number of rotatable bonds is 4. The van der Waals surface area contributed by atoms with Gasteiger partial charge in [-0.25, -0.2) is 18.2 Å². The summed E-state index contributed by atoms with van der Waals surface area (Å²) in [6, 6.07) is 2.91. The maximum absolute atomic E-state index is 11.5. The van der Waals surface area contributed by atoms with Gasteiger partial charge in [-0.1, -0.05) is 0 Å². The first-order chi connectivity index (χ1) is 7.85. The zero-order valence-electron chi connectivity index (χ0n) is 9.17. The van der Waals surface area contributed by atoms with Crippen molar-refractivity contribution < 1.29 is 18.3 Å². The molecule has 0 radical (unpaired) electrons. The van der Waals surface area contributed by atoms with Gasteiger partial charge in [0.25, 0.3) is 0 Å². The average Bonchev–Trinajstić information content (AvgIpc) is 2.98. The maximum atomic E-state index is 11.5. The molecule has 6 nitrogen and oxygen atoms in total. The molecule has 1 aromatic heterocycles. The minimum atomic E-state index is -3.42. The predicted octanol–water partition coefficient (Wildman–Crippen LogP) is 0.514. The number of aliphatic carboxylic acids is 1. The second-order valence-corrected chi connectivity index (χ2v) is 6.12. The van der Waals surface area contributed by atoms with Crippen molar-refractivity contribution in [3.8, 4) is 0 Å². The molecule has 1 aliphatic rings. The molecule has 7 heteroatoms. The molecule has 0 saturated heterocycles. The molecule has 1 fully saturated rings. The predicted molar refractivity (Wildman–Crippen MR) is 60.6 cm³/mol. The number of nitrogens with one attached hydrogen (secondary N) is 1. The molecule has 92 valence electrons. The number of carboxylic acid groups (broad SMARTS) is 1. The molecule has 0 bridgehead atoms. The number of sulfone groups is 1. The Hall–Kier alpha value is -1.63. The molecule has 17 heavy (non-hydrogen) atoms. The molecular formula is C10H12N2O4S. The van der Waals surface area contributed by atoms with Gasteiger partial charge in [0.2, 0.25) is 0 Å². The van der Waals surface area contributed by atoms with Crippen LogP contribution in [0.2, 0.25) is 0 Å². The van der Waals surface area contributed by atoms with Crippen LogP contribution < -0.4 is 5.32 Å². The number of hydrogen-bond acceptors (Lipinski definition) is 5. The third-order valence-electron chi connectivity index (χ3n) is 2.69. The van der Waals surface area contributed by atoms with Crippen molar-refractivity contribution in [2.75, 3.05) is 11.6 Å². The fourth-order valence-electron chi connectivity index (χ4n) is 1.53. The van der Waals surface area contributed by atoms with Crippen molar-refractivity contribution in [1.29, 1.82) is 0 Å². The largest absolute Gasteiger partial charge is 0.480 e. The Labute approximate surface area is 98.6 Å². The first-order valence-electron chi connectivity index (χ1n) is 5.02. The standard InChI is InChI=1S/C10H12N2O4S/c1-17(15,16)7-3-2-6-11-8(7)12-10(4-5-10)9(13)14/h2-3,6H,4-5H2,1H3,(H,11,12)(H,13,14). The molecule has 1 aromatic rings. The molecule has 1 aliphatic carbocycles. The lowest BCUT2D eigenvalue weighted by molar-refractivity contribution is -0.138. The van der Waals surface area contributed by atoms with E-state index in [0.717, 1.165) is 6.26 Å². The summed E-state index contributed by atoms with van der Waals surface area (Å²) < 4.78 is 23.0. The normalized spacial score (nSPS) is 17.5. The monoisotopic (exact) mass is 256 g/mol. The minimum Gasteiger partial charge on any atom is -0.480 e. The molecule has 1 saturated carbocycles. The van der Waals surface area contributed by atoms with Crippen LogP contribution in [0, 0.1) is 0 Å². The Morgan fingerprint density at radius 3 is 2.65 bits per heavy atom. The highest BCUT2D eigenvalue weighted by atomic mass is 32.2. The number of carboxylic acids is 1. The SMILES string of the molecule is CS(=O)(=O)c1cccnc1NC1(C(=O)O)CC1. The van der Waals surface area contributed by atoms with Gasteiger partial charge in [-0.3, -0.25) is 0 Å². The lowest BCUT2D eigenvalue weighted by Gasteiger charge is -2.15. The first-order valence-corrected chi connectivity index (χ1v) is 6.91. The van der Waals surface area contributed by atoms with E-state index >= 15 is 0 Å². The minimum absolute atomic E-state index is 0.0209. The number of aromatic nitrogens is 1. The van der Waals surface area contributed by atoms with Crippen LogP contribution in [0.25, 0.3) is 0 Å². The number of nitrogens with zero attached hydrogens (tertiary/aromatic N) is 1. The van der Waals surface area contributed by atoms with Crippen molar-refractivity contribution in [2.24, 2.45) is 0 Å². The highest BCUT2D eigenvalue weighted by Crippen LogP contribution is 2.39. The fourth-order valence-corrected chi connectivity index (χ4v) is 2.31. The van der Waals surface area contributed by atoms with E-state index < -0.39 is 21.3 Å². The summed E-state index contributed by atoms with van der Waals surface area (Å²) in [5, 5.41) is 11.7. The van der Waals surface area contributed by atoms with Crippen molar-refractivity contribution in [2.45, 2.75) is 23.3 Å². The molecular weight excluding hydrogens is 244 g/mol. The zero-order chi connectivity index (χ0) is 12.7. The zero-order valence-corrected chi connectivity index (χ0v) is 9.99. The number of anilines is 1. The Kier molecular flexibility index (Phi) is 2.57. The van der Waals surface area contributed by atoms with Gasteiger partial charge >= 0.3 is 5.97 Å². The Bertz CT molecular complexity index is 563. The van der Waals surface area contributed by atoms with Crippen molar-refractivity contribution in [1.82, 2.24) is 4.98 Å². The molecule has 0 unspecified atom stereocenters. The highest BCUT2D eigenvalue weighted by molar-refractivity contribution is 7.90. The van der Waals surface area contributed by atoms with Crippen LogP contribution in [0.4, 0.5) is 5.82 Å². The van der Waals surface area contributed by atoms with Crippen LogP contribution >= 0.6 is 0 Å². The quantitative estimate of drug-likeness (QED) is 0.815. The third-order valence-corrected chi connectivity index (χ3v) is 3.82. The van der Waals surface area contributed by atoms with Crippen molar-refractivity contribution in [3.63, 3.8) is 0 Å². The maximum Gasteiger partial charge on any atom is 0.329 e. The van der Waals surface area contributed by atoms with E-state index in [0.29, 0.717) is 12.8 Å². The summed E-state index contributed by atoms with van der Waals surface area (Å²) in [5.41, 5.74) is -1.05. The van der Waals surface area contributed by atoms with Crippen LogP contribution in [-0.4, -0.2) is 36.3 Å². The van der Waals surface area contributed by atoms with E-state index in [2.05, 4.69) is 10.3 Å². The molecule has 1 heterocycles. The summed E-state index contributed by atoms with van der Waals surface area (Å²) in [6.45, 7) is 0. The summed E-state index contributed by atoms with van der Waals surface area (Å²) in [6.07, 6.45) is 3.44. The highest BCUT2D eigenvalue weighted by Gasteiger charge is 2.51. The Morgan fingerprint density at radius 2 is 2.18 bits per heavy atom. The molecule has 0 amide bonds. The van der Waals surface area contributed by atoms with Gasteiger partial charge in [-0.2, -0.15) is 0 Å². The molecule has 0 spiro atoms. The van der Waals surface area contributed by atoms with Crippen molar-refractivity contribution >= 4 is 21.6 Å². The summed E-state index contributed by atoms with van der Waals surface area (Å²) in [4.78, 5) is 14.9. The van der Waals surface area contributed by atoms with Crippen LogP contribution in [0.3, 0.4) is 0 Å². The summed E-state index contributed by atoms with van der Waals surface area (Å²) in [5.74, 6) is -0.877. The van der Waals surface area contributed by atoms with E-state index in [1.165, 1.54) is 18.3 Å². The number of carbonyl (C=O) groups is 1. The second kappa shape index (κ2) is 3.69. The smallest absolute Gasteiger partial charge is 0.329 e. The Balaban J connectivity index is 2.38. The molecule has 2 rings (SSSR count). The molecule has 2 N–H and O–H groups in total. The first kappa shape index (κ1) is 11.8.